The van der Waals surface area contributed by atoms with Crippen molar-refractivity contribution in [3.63, 3.8) is 0 Å². The maximum Gasteiger partial charge on any atom is 0.415 e. The summed E-state index contributed by atoms with van der Waals surface area (Å²) < 4.78 is 5.14. The predicted molar refractivity (Wildman–Crippen MR) is 76.4 cm³/mol. The van der Waals surface area contributed by atoms with Gasteiger partial charge in [0.2, 0.25) is 0 Å². The van der Waals surface area contributed by atoms with Crippen molar-refractivity contribution in [1.82, 2.24) is 0 Å². The molecule has 1 aliphatic rings. The largest absolute Gasteiger partial charge is 0.478 e. The minimum atomic E-state index is -0.995. The van der Waals surface area contributed by atoms with Gasteiger partial charge >= 0.3 is 12.1 Å². The molecule has 1 aliphatic heterocycles. The molecule has 1 amide bonds. The highest BCUT2D eigenvalue weighted by atomic mass is 16.6. The third-order valence-corrected chi connectivity index (χ3v) is 3.45. The molecule has 106 valence electrons. The number of ether oxygens (including phenoxy) is 1. The highest BCUT2D eigenvalue weighted by Gasteiger charge is 2.35. The number of hydrogen-bond donors (Lipinski definition) is 1. The number of carbonyl (C=O) groups excluding carboxylic acids is 1. The van der Waals surface area contributed by atoms with Gasteiger partial charge in [-0.2, -0.15) is 0 Å². The number of carbonyl (C=O) groups is 2. The van der Waals surface area contributed by atoms with Gasteiger partial charge in [-0.1, -0.05) is 30.3 Å². The molecule has 21 heavy (non-hydrogen) atoms. The average molecular weight is 283 g/mol. The Morgan fingerprint density at radius 1 is 1.10 bits per heavy atom. The van der Waals surface area contributed by atoms with Crippen LogP contribution in [0.2, 0.25) is 0 Å². The topological polar surface area (TPSA) is 66.8 Å². The van der Waals surface area contributed by atoms with Crippen molar-refractivity contribution in [3.05, 3.63) is 65.7 Å². The zero-order valence-corrected chi connectivity index (χ0v) is 11.1. The fourth-order valence-electron chi connectivity index (χ4n) is 2.39. The van der Waals surface area contributed by atoms with E-state index in [1.54, 1.807) is 17.0 Å². The van der Waals surface area contributed by atoms with Crippen molar-refractivity contribution in [3.8, 4) is 0 Å². The summed E-state index contributed by atoms with van der Waals surface area (Å²) in [5.41, 5.74) is 1.78. The Hall–Kier alpha value is -2.82. The number of benzene rings is 2. The number of anilines is 1. The second kappa shape index (κ2) is 5.28. The molecule has 0 aliphatic carbocycles. The first-order valence-corrected chi connectivity index (χ1v) is 6.51. The summed E-state index contributed by atoms with van der Waals surface area (Å²) in [6.07, 6.45) is -0.424. The van der Waals surface area contributed by atoms with Gasteiger partial charge in [-0.25, -0.2) is 9.59 Å². The van der Waals surface area contributed by atoms with Crippen molar-refractivity contribution >= 4 is 17.7 Å². The van der Waals surface area contributed by atoms with E-state index in [0.29, 0.717) is 5.69 Å². The van der Waals surface area contributed by atoms with Gasteiger partial charge in [0.25, 0.3) is 0 Å². The third-order valence-electron chi connectivity index (χ3n) is 3.45. The maximum atomic E-state index is 12.0. The second-order valence-corrected chi connectivity index (χ2v) is 4.73. The van der Waals surface area contributed by atoms with Crippen LogP contribution in [0.3, 0.4) is 0 Å². The molecular weight excluding hydrogens is 270 g/mol. The zero-order valence-electron chi connectivity index (χ0n) is 11.1. The van der Waals surface area contributed by atoms with Crippen LogP contribution in [0.5, 0.6) is 0 Å². The van der Waals surface area contributed by atoms with Crippen LogP contribution < -0.4 is 4.90 Å². The van der Waals surface area contributed by atoms with E-state index in [-0.39, 0.29) is 18.2 Å². The molecule has 0 bridgehead atoms. The molecule has 5 heteroatoms. The fourth-order valence-corrected chi connectivity index (χ4v) is 2.39. The van der Waals surface area contributed by atoms with E-state index in [1.807, 2.05) is 30.3 Å². The molecular formula is C16H13NO4. The first-order valence-electron chi connectivity index (χ1n) is 6.51. The Kier molecular flexibility index (Phi) is 3.31. The summed E-state index contributed by atoms with van der Waals surface area (Å²) in [5, 5.41) is 8.92. The van der Waals surface area contributed by atoms with E-state index in [0.717, 1.165) is 5.56 Å². The van der Waals surface area contributed by atoms with E-state index in [1.165, 1.54) is 12.1 Å². The normalized spacial score (nSPS) is 17.6. The Morgan fingerprint density at radius 2 is 1.76 bits per heavy atom. The lowest BCUT2D eigenvalue weighted by molar-refractivity contribution is 0.0697. The number of amides is 1. The third kappa shape index (κ3) is 2.45. The minimum Gasteiger partial charge on any atom is -0.478 e. The quantitative estimate of drug-likeness (QED) is 0.940. The summed E-state index contributed by atoms with van der Waals surface area (Å²) in [7, 11) is 0. The van der Waals surface area contributed by atoms with Gasteiger partial charge in [0.05, 0.1) is 11.6 Å². The zero-order chi connectivity index (χ0) is 14.8. The number of cyclic esters (lactones) is 1. The summed E-state index contributed by atoms with van der Waals surface area (Å²) >= 11 is 0. The average Bonchev–Trinajstić information content (AvgIpc) is 2.90. The number of hydrogen-bond acceptors (Lipinski definition) is 3. The van der Waals surface area contributed by atoms with E-state index < -0.39 is 12.1 Å². The maximum absolute atomic E-state index is 12.0. The van der Waals surface area contributed by atoms with Gasteiger partial charge in [0.1, 0.15) is 6.61 Å². The van der Waals surface area contributed by atoms with E-state index in [4.69, 9.17) is 9.84 Å². The molecule has 1 heterocycles. The molecule has 0 spiro atoms. The molecule has 1 saturated heterocycles. The van der Waals surface area contributed by atoms with E-state index >= 15 is 0 Å². The van der Waals surface area contributed by atoms with Gasteiger partial charge in [0, 0.05) is 5.69 Å². The van der Waals surface area contributed by atoms with Crippen LogP contribution in [0.4, 0.5) is 10.5 Å². The van der Waals surface area contributed by atoms with Gasteiger partial charge in [-0.15, -0.1) is 0 Å². The standard InChI is InChI=1S/C16H13NO4/c18-15(19)12-6-8-13(9-7-12)17-14(10-21-16(17)20)11-4-2-1-3-5-11/h1-9,14H,10H2,(H,18,19)/t14-/m0/s1. The Labute approximate surface area is 121 Å². The van der Waals surface area contributed by atoms with Crippen LogP contribution in [-0.2, 0) is 4.74 Å². The Morgan fingerprint density at radius 3 is 2.38 bits per heavy atom. The summed E-state index contributed by atoms with van der Waals surface area (Å²) in [5.74, 6) is -0.995. The molecule has 1 N–H and O–H groups in total. The van der Waals surface area contributed by atoms with Crippen LogP contribution in [0.1, 0.15) is 22.0 Å². The summed E-state index contributed by atoms with van der Waals surface area (Å²) in [6.45, 7) is 0.281. The van der Waals surface area contributed by atoms with E-state index in [2.05, 4.69) is 0 Å². The first kappa shape index (κ1) is 13.2. The molecule has 2 aromatic carbocycles. The lowest BCUT2D eigenvalue weighted by Gasteiger charge is -2.21. The van der Waals surface area contributed by atoms with E-state index in [9.17, 15) is 9.59 Å². The molecule has 0 saturated carbocycles. The molecule has 0 radical (unpaired) electrons. The highest BCUT2D eigenvalue weighted by molar-refractivity contribution is 5.92. The lowest BCUT2D eigenvalue weighted by Crippen LogP contribution is -2.27. The summed E-state index contributed by atoms with van der Waals surface area (Å²) in [6, 6.07) is 15.6. The lowest BCUT2D eigenvalue weighted by atomic mass is 10.1. The molecule has 5 nitrogen and oxygen atoms in total. The van der Waals surface area contributed by atoms with Crippen molar-refractivity contribution in [2.75, 3.05) is 11.5 Å². The smallest absolute Gasteiger partial charge is 0.415 e. The van der Waals surface area contributed by atoms with Gasteiger partial charge in [-0.3, -0.25) is 4.90 Å². The van der Waals surface area contributed by atoms with Crippen molar-refractivity contribution in [1.29, 1.82) is 0 Å². The van der Waals surface area contributed by atoms with Gasteiger partial charge < -0.3 is 9.84 Å². The second-order valence-electron chi connectivity index (χ2n) is 4.73. The van der Waals surface area contributed by atoms with Crippen LogP contribution in [0, 0.1) is 0 Å². The van der Waals surface area contributed by atoms with Crippen LogP contribution >= 0.6 is 0 Å². The van der Waals surface area contributed by atoms with Crippen LogP contribution in [0.25, 0.3) is 0 Å². The minimum absolute atomic E-state index is 0.183. The number of nitrogens with zero attached hydrogens (tertiary/aromatic N) is 1. The molecule has 1 fully saturated rings. The van der Waals surface area contributed by atoms with Crippen molar-refractivity contribution in [2.45, 2.75) is 6.04 Å². The van der Waals surface area contributed by atoms with Gasteiger partial charge in [0.15, 0.2) is 0 Å². The fraction of sp³-hybridized carbons (Fsp3) is 0.125. The first-order chi connectivity index (χ1) is 10.2. The van der Waals surface area contributed by atoms with Gasteiger partial charge in [-0.05, 0) is 29.8 Å². The predicted octanol–water partition coefficient (Wildman–Crippen LogP) is 3.08. The number of rotatable bonds is 3. The van der Waals surface area contributed by atoms with Crippen molar-refractivity contribution < 1.29 is 19.4 Å². The monoisotopic (exact) mass is 283 g/mol. The Balaban J connectivity index is 1.94. The number of carboxylic acid groups (broad SMARTS) is 1. The molecule has 3 rings (SSSR count). The molecule has 1 atom stereocenters. The number of aromatic carboxylic acids is 1. The SMILES string of the molecule is O=C(O)c1ccc(N2C(=O)OC[C@H]2c2ccccc2)cc1. The highest BCUT2D eigenvalue weighted by Crippen LogP contribution is 2.32. The van der Waals surface area contributed by atoms with Crippen LogP contribution in [0.15, 0.2) is 54.6 Å². The molecule has 2 aromatic rings. The van der Waals surface area contributed by atoms with Crippen molar-refractivity contribution in [2.24, 2.45) is 0 Å². The number of carboxylic acids is 1. The molecule has 0 aromatic heterocycles. The molecule has 0 unspecified atom stereocenters. The summed E-state index contributed by atoms with van der Waals surface area (Å²) in [4.78, 5) is 24.4. The Bertz CT molecular complexity index is 666. The van der Waals surface area contributed by atoms with Crippen LogP contribution in [-0.4, -0.2) is 23.8 Å².